The predicted octanol–water partition coefficient (Wildman–Crippen LogP) is 4.50. The van der Waals surface area contributed by atoms with E-state index in [4.69, 9.17) is 16.3 Å². The first-order valence-electron chi connectivity index (χ1n) is 11.3. The molecule has 9 nitrogen and oxygen atoms in total. The number of nitrogens with one attached hydrogen (secondary N) is 2. The lowest BCUT2D eigenvalue weighted by Gasteiger charge is -2.24. The second-order valence-corrected chi connectivity index (χ2v) is 9.76. The van der Waals surface area contributed by atoms with Crippen LogP contribution in [-0.4, -0.2) is 52.2 Å². The Kier molecular flexibility index (Phi) is 6.92. The lowest BCUT2D eigenvalue weighted by molar-refractivity contribution is -0.119. The van der Waals surface area contributed by atoms with Gasteiger partial charge in [-0.05, 0) is 47.2 Å². The summed E-state index contributed by atoms with van der Waals surface area (Å²) in [5.74, 6) is -1.01. The molecule has 3 aromatic heterocycles. The molecule has 2 N–H and O–H groups in total. The second kappa shape index (κ2) is 10.3. The molecule has 1 fully saturated rings. The van der Waals surface area contributed by atoms with E-state index in [1.807, 2.05) is 11.4 Å². The van der Waals surface area contributed by atoms with Gasteiger partial charge in [-0.2, -0.15) is 0 Å². The number of pyridine rings is 2. The summed E-state index contributed by atoms with van der Waals surface area (Å²) in [6, 6.07) is 9.41. The van der Waals surface area contributed by atoms with Crippen LogP contribution in [0, 0.1) is 5.82 Å². The van der Waals surface area contributed by atoms with Crippen LogP contribution in [0.3, 0.4) is 0 Å². The Bertz CT molecular complexity index is 1540. The standard InChI is InChI=1S/C25H21ClFN5O4S/c1-36-17-11-20(32(13-17)25(35)30-21-5-2-15(26)12-28-21)23(33)29-19-4-3-16(10-18(19)27)31-8-6-14-7-9-37-22(14)24(31)34/h2-10,12,17,20H,11,13H2,1H3,(H,29,33)(H,28,30,35)/t17-,20-/m1/s1. The third kappa shape index (κ3) is 5.06. The Morgan fingerprint density at radius 2 is 2.03 bits per heavy atom. The molecule has 190 valence electrons. The van der Waals surface area contributed by atoms with E-state index in [9.17, 15) is 14.4 Å². The van der Waals surface area contributed by atoms with Gasteiger partial charge in [-0.1, -0.05) is 11.6 Å². The summed E-state index contributed by atoms with van der Waals surface area (Å²) < 4.78 is 22.3. The molecule has 0 aliphatic carbocycles. The number of nitrogens with zero attached hydrogens (tertiary/aromatic N) is 3. The van der Waals surface area contributed by atoms with Crippen LogP contribution in [0.5, 0.6) is 0 Å². The Balaban J connectivity index is 1.33. The van der Waals surface area contributed by atoms with Gasteiger partial charge in [0.05, 0.1) is 22.5 Å². The summed E-state index contributed by atoms with van der Waals surface area (Å²) in [6.45, 7) is 0.170. The van der Waals surface area contributed by atoms with E-state index >= 15 is 4.39 Å². The van der Waals surface area contributed by atoms with E-state index < -0.39 is 23.8 Å². The minimum atomic E-state index is -0.903. The average molecular weight is 542 g/mol. The van der Waals surface area contributed by atoms with E-state index in [1.54, 1.807) is 24.4 Å². The molecule has 1 aliphatic rings. The first-order valence-corrected chi connectivity index (χ1v) is 12.5. The maximum Gasteiger partial charge on any atom is 0.323 e. The van der Waals surface area contributed by atoms with Gasteiger partial charge in [-0.25, -0.2) is 14.2 Å². The molecule has 0 radical (unpaired) electrons. The molecule has 1 saturated heterocycles. The van der Waals surface area contributed by atoms with Gasteiger partial charge in [0, 0.05) is 38.5 Å². The summed E-state index contributed by atoms with van der Waals surface area (Å²) in [7, 11) is 1.50. The van der Waals surface area contributed by atoms with Crippen LogP contribution in [0.25, 0.3) is 15.8 Å². The highest BCUT2D eigenvalue weighted by atomic mass is 35.5. The Morgan fingerprint density at radius 3 is 2.76 bits per heavy atom. The Hall–Kier alpha value is -3.80. The van der Waals surface area contributed by atoms with E-state index in [-0.39, 0.29) is 36.1 Å². The van der Waals surface area contributed by atoms with Crippen molar-refractivity contribution >= 4 is 56.5 Å². The summed E-state index contributed by atoms with van der Waals surface area (Å²) in [4.78, 5) is 44.1. The lowest BCUT2D eigenvalue weighted by Crippen LogP contribution is -2.45. The summed E-state index contributed by atoms with van der Waals surface area (Å²) in [5.41, 5.74) is 0.00394. The molecule has 0 saturated carbocycles. The number of hydrogen-bond donors (Lipinski definition) is 2. The summed E-state index contributed by atoms with van der Waals surface area (Å²) in [6.07, 6.45) is 2.84. The highest BCUT2D eigenvalue weighted by molar-refractivity contribution is 7.17. The van der Waals surface area contributed by atoms with Gasteiger partial charge in [0.1, 0.15) is 22.4 Å². The van der Waals surface area contributed by atoms with Crippen molar-refractivity contribution in [2.24, 2.45) is 0 Å². The molecule has 37 heavy (non-hydrogen) atoms. The molecule has 2 atom stereocenters. The lowest BCUT2D eigenvalue weighted by atomic mass is 10.1. The molecule has 1 aliphatic heterocycles. The molecule has 12 heteroatoms. The van der Waals surface area contributed by atoms with Crippen molar-refractivity contribution in [3.8, 4) is 5.69 Å². The molecule has 0 bridgehead atoms. The smallest absolute Gasteiger partial charge is 0.323 e. The van der Waals surface area contributed by atoms with Crippen LogP contribution < -0.4 is 16.2 Å². The normalized spacial score (nSPS) is 17.2. The van der Waals surface area contributed by atoms with Gasteiger partial charge in [-0.15, -0.1) is 11.3 Å². The number of likely N-dealkylation sites (tertiary alicyclic amines) is 1. The van der Waals surface area contributed by atoms with Gasteiger partial charge in [0.25, 0.3) is 5.56 Å². The number of rotatable bonds is 5. The minimum absolute atomic E-state index is 0.0698. The zero-order valence-corrected chi connectivity index (χ0v) is 21.1. The van der Waals surface area contributed by atoms with Crippen LogP contribution in [0.2, 0.25) is 5.02 Å². The van der Waals surface area contributed by atoms with Gasteiger partial charge in [-0.3, -0.25) is 19.5 Å². The van der Waals surface area contributed by atoms with Crippen molar-refractivity contribution in [1.82, 2.24) is 14.5 Å². The fraction of sp³-hybridized carbons (Fsp3) is 0.200. The molecule has 4 aromatic rings. The van der Waals surface area contributed by atoms with E-state index in [0.717, 1.165) is 5.39 Å². The van der Waals surface area contributed by atoms with Crippen molar-refractivity contribution in [2.45, 2.75) is 18.6 Å². The number of carbonyl (C=O) groups excluding carboxylic acids is 2. The second-order valence-electron chi connectivity index (χ2n) is 8.40. The zero-order chi connectivity index (χ0) is 26.1. The number of carbonyl (C=O) groups is 2. The molecular weight excluding hydrogens is 521 g/mol. The van der Waals surface area contributed by atoms with Crippen LogP contribution in [0.4, 0.5) is 20.7 Å². The largest absolute Gasteiger partial charge is 0.380 e. The third-order valence-electron chi connectivity index (χ3n) is 6.12. The van der Waals surface area contributed by atoms with Crippen LogP contribution >= 0.6 is 22.9 Å². The number of anilines is 2. The number of thiophene rings is 1. The van der Waals surface area contributed by atoms with Crippen molar-refractivity contribution < 1.29 is 18.7 Å². The number of urea groups is 1. The highest BCUT2D eigenvalue weighted by Crippen LogP contribution is 2.25. The van der Waals surface area contributed by atoms with Gasteiger partial charge >= 0.3 is 6.03 Å². The van der Waals surface area contributed by atoms with Crippen molar-refractivity contribution in [3.05, 3.63) is 81.4 Å². The van der Waals surface area contributed by atoms with Crippen LogP contribution in [-0.2, 0) is 9.53 Å². The van der Waals surface area contributed by atoms with Crippen LogP contribution in [0.15, 0.2) is 65.0 Å². The predicted molar refractivity (Wildman–Crippen MR) is 140 cm³/mol. The summed E-state index contributed by atoms with van der Waals surface area (Å²) >= 11 is 7.15. The van der Waals surface area contributed by atoms with E-state index in [0.29, 0.717) is 15.4 Å². The first-order chi connectivity index (χ1) is 17.8. The Labute approximate surface area is 219 Å². The average Bonchev–Trinajstić information content (AvgIpc) is 3.55. The number of benzene rings is 1. The molecule has 0 unspecified atom stereocenters. The number of fused-ring (bicyclic) bond motifs is 1. The first kappa shape index (κ1) is 24.9. The monoisotopic (exact) mass is 541 g/mol. The molecule has 4 heterocycles. The molecule has 1 aromatic carbocycles. The molecule has 5 rings (SSSR count). The van der Waals surface area contributed by atoms with E-state index in [2.05, 4.69) is 15.6 Å². The number of hydrogen-bond acceptors (Lipinski definition) is 6. The highest BCUT2D eigenvalue weighted by Gasteiger charge is 2.40. The van der Waals surface area contributed by atoms with Gasteiger partial charge in [0.2, 0.25) is 5.91 Å². The number of aromatic nitrogens is 2. The fourth-order valence-electron chi connectivity index (χ4n) is 4.20. The Morgan fingerprint density at radius 1 is 1.19 bits per heavy atom. The molecule has 3 amide bonds. The number of amides is 3. The van der Waals surface area contributed by atoms with Crippen molar-refractivity contribution in [3.63, 3.8) is 0 Å². The van der Waals surface area contributed by atoms with Crippen molar-refractivity contribution in [1.29, 1.82) is 0 Å². The maximum atomic E-state index is 15.0. The molecule has 0 spiro atoms. The third-order valence-corrected chi connectivity index (χ3v) is 7.26. The van der Waals surface area contributed by atoms with Crippen molar-refractivity contribution in [2.75, 3.05) is 24.3 Å². The number of methoxy groups -OCH3 is 1. The quantitative estimate of drug-likeness (QED) is 0.387. The van der Waals surface area contributed by atoms with Crippen LogP contribution in [0.1, 0.15) is 6.42 Å². The topological polar surface area (TPSA) is 106 Å². The SMILES string of the molecule is CO[C@@H]1C[C@H](C(=O)Nc2ccc(-n3ccc4ccsc4c3=O)cc2F)N(C(=O)Nc2ccc(Cl)cn2)C1. The minimum Gasteiger partial charge on any atom is -0.380 e. The van der Waals surface area contributed by atoms with E-state index in [1.165, 1.54) is 52.3 Å². The number of halogens is 2. The van der Waals surface area contributed by atoms with Gasteiger partial charge in [0.15, 0.2) is 0 Å². The fourth-order valence-corrected chi connectivity index (χ4v) is 5.14. The zero-order valence-electron chi connectivity index (χ0n) is 19.5. The van der Waals surface area contributed by atoms with Gasteiger partial charge < -0.3 is 15.0 Å². The maximum absolute atomic E-state index is 15.0. The molecular formula is C25H21ClFN5O4S. The number of ether oxygens (including phenoxy) is 1. The summed E-state index contributed by atoms with van der Waals surface area (Å²) in [5, 5.41) is 8.26.